The molecule has 5 nitrogen and oxygen atoms in total. The monoisotopic (exact) mass is 492 g/mol. The van der Waals surface area contributed by atoms with Crippen LogP contribution in [-0.2, 0) is 16.1 Å². The molecule has 0 aliphatic heterocycles. The van der Waals surface area contributed by atoms with Crippen LogP contribution in [0.15, 0.2) is 53.9 Å². The van der Waals surface area contributed by atoms with Crippen LogP contribution in [0.25, 0.3) is 10.6 Å². The highest BCUT2D eigenvalue weighted by Gasteiger charge is 2.12. The van der Waals surface area contributed by atoms with Crippen molar-refractivity contribution < 1.29 is 14.3 Å². The number of carbonyl (C=O) groups excluding carboxylic acids is 2. The van der Waals surface area contributed by atoms with E-state index in [9.17, 15) is 9.59 Å². The van der Waals surface area contributed by atoms with E-state index in [0.717, 1.165) is 14.1 Å². The zero-order valence-corrected chi connectivity index (χ0v) is 17.5. The first kappa shape index (κ1) is 19.5. The maximum Gasteiger partial charge on any atom is 0.325 e. The topological polar surface area (TPSA) is 68.3 Å². The zero-order chi connectivity index (χ0) is 19.2. The van der Waals surface area contributed by atoms with Gasteiger partial charge < -0.3 is 10.1 Å². The van der Waals surface area contributed by atoms with Crippen LogP contribution in [0.5, 0.6) is 0 Å². The van der Waals surface area contributed by atoms with Gasteiger partial charge in [0.15, 0.2) is 0 Å². The molecule has 3 aromatic rings. The van der Waals surface area contributed by atoms with Crippen LogP contribution >= 0.6 is 33.9 Å². The molecule has 0 saturated heterocycles. The average molecular weight is 492 g/mol. The second-order valence-corrected chi connectivity index (χ2v) is 7.85. The standard InChI is InChI=1S/C20H17IN2O3S/c1-13-6-8-14(9-7-13)20-23-15(12-27-20)11-26-18(24)10-22-19(25)16-4-2-3-5-17(16)21/h2-9,12H,10-11H2,1H3,(H,22,25). The number of nitrogens with zero attached hydrogens (tertiary/aromatic N) is 1. The molecule has 138 valence electrons. The van der Waals surface area contributed by atoms with Crippen molar-refractivity contribution in [2.24, 2.45) is 0 Å². The number of hydrogen-bond donors (Lipinski definition) is 1. The van der Waals surface area contributed by atoms with Gasteiger partial charge in [-0.05, 0) is 41.6 Å². The van der Waals surface area contributed by atoms with Gasteiger partial charge in [0.2, 0.25) is 0 Å². The molecule has 1 amide bonds. The lowest BCUT2D eigenvalue weighted by molar-refractivity contribution is -0.143. The number of carbonyl (C=O) groups is 2. The lowest BCUT2D eigenvalue weighted by Crippen LogP contribution is -2.31. The normalized spacial score (nSPS) is 10.4. The Hall–Kier alpha value is -2.26. The molecular weight excluding hydrogens is 475 g/mol. The first-order chi connectivity index (χ1) is 13.0. The van der Waals surface area contributed by atoms with Gasteiger partial charge in [-0.3, -0.25) is 9.59 Å². The number of thiazole rings is 1. The minimum atomic E-state index is -0.501. The molecule has 0 aliphatic rings. The first-order valence-electron chi connectivity index (χ1n) is 8.23. The molecule has 0 unspecified atom stereocenters. The Labute approximate surface area is 174 Å². The van der Waals surface area contributed by atoms with Crippen molar-refractivity contribution in [1.82, 2.24) is 10.3 Å². The summed E-state index contributed by atoms with van der Waals surface area (Å²) in [4.78, 5) is 28.5. The van der Waals surface area contributed by atoms with Crippen molar-refractivity contribution in [3.63, 3.8) is 0 Å². The summed E-state index contributed by atoms with van der Waals surface area (Å²) in [6, 6.07) is 15.3. The number of aromatic nitrogens is 1. The largest absolute Gasteiger partial charge is 0.458 e. The molecule has 0 saturated carbocycles. The number of halogens is 1. The van der Waals surface area contributed by atoms with Crippen molar-refractivity contribution in [3.05, 3.63) is 74.3 Å². The van der Waals surface area contributed by atoms with Gasteiger partial charge in [0.1, 0.15) is 18.2 Å². The number of esters is 1. The molecule has 0 radical (unpaired) electrons. The van der Waals surface area contributed by atoms with E-state index in [0.29, 0.717) is 11.3 Å². The van der Waals surface area contributed by atoms with E-state index >= 15 is 0 Å². The fourth-order valence-corrected chi connectivity index (χ4v) is 3.74. The quantitative estimate of drug-likeness (QED) is 0.414. The number of amides is 1. The molecule has 2 aromatic carbocycles. The third-order valence-electron chi connectivity index (χ3n) is 3.74. The van der Waals surface area contributed by atoms with Crippen molar-refractivity contribution >= 4 is 45.8 Å². The SMILES string of the molecule is Cc1ccc(-c2nc(COC(=O)CNC(=O)c3ccccc3I)cs2)cc1. The minimum absolute atomic E-state index is 0.0833. The number of hydrogen-bond acceptors (Lipinski definition) is 5. The van der Waals surface area contributed by atoms with Crippen molar-refractivity contribution in [2.75, 3.05) is 6.54 Å². The highest BCUT2D eigenvalue weighted by Crippen LogP contribution is 2.24. The maximum atomic E-state index is 12.1. The third-order valence-corrected chi connectivity index (χ3v) is 5.62. The first-order valence-corrected chi connectivity index (χ1v) is 10.2. The summed E-state index contributed by atoms with van der Waals surface area (Å²) in [6.07, 6.45) is 0. The molecule has 1 N–H and O–H groups in total. The molecule has 27 heavy (non-hydrogen) atoms. The van der Waals surface area contributed by atoms with Crippen molar-refractivity contribution in [2.45, 2.75) is 13.5 Å². The molecule has 0 spiro atoms. The number of benzene rings is 2. The van der Waals surface area contributed by atoms with Gasteiger partial charge in [0.25, 0.3) is 5.91 Å². The molecule has 7 heteroatoms. The molecule has 0 aliphatic carbocycles. The lowest BCUT2D eigenvalue weighted by Gasteiger charge is -2.06. The second-order valence-electron chi connectivity index (χ2n) is 5.83. The Morgan fingerprint density at radius 3 is 2.63 bits per heavy atom. The predicted molar refractivity (Wildman–Crippen MR) is 114 cm³/mol. The molecule has 1 aromatic heterocycles. The van der Waals surface area contributed by atoms with E-state index in [4.69, 9.17) is 4.74 Å². The van der Waals surface area contributed by atoms with Gasteiger partial charge in [-0.2, -0.15) is 0 Å². The molecule has 0 fully saturated rings. The van der Waals surface area contributed by atoms with E-state index in [1.54, 1.807) is 12.1 Å². The highest BCUT2D eigenvalue weighted by atomic mass is 127. The van der Waals surface area contributed by atoms with E-state index in [1.807, 2.05) is 48.7 Å². The van der Waals surface area contributed by atoms with Gasteiger partial charge in [-0.15, -0.1) is 11.3 Å². The fraction of sp³-hybridized carbons (Fsp3) is 0.150. The summed E-state index contributed by atoms with van der Waals surface area (Å²) in [5, 5.41) is 5.33. The number of rotatable bonds is 6. The Bertz CT molecular complexity index is 954. The van der Waals surface area contributed by atoms with Gasteiger partial charge in [0.05, 0.1) is 11.3 Å². The van der Waals surface area contributed by atoms with Crippen LogP contribution < -0.4 is 5.32 Å². The molecule has 3 rings (SSSR count). The summed E-state index contributed by atoms with van der Waals surface area (Å²) < 4.78 is 6.03. The van der Waals surface area contributed by atoms with Crippen LogP contribution in [-0.4, -0.2) is 23.4 Å². The fourth-order valence-electron chi connectivity index (χ4n) is 2.30. The van der Waals surface area contributed by atoms with Crippen LogP contribution in [0.4, 0.5) is 0 Å². The lowest BCUT2D eigenvalue weighted by atomic mass is 10.2. The number of ether oxygens (including phenoxy) is 1. The Morgan fingerprint density at radius 2 is 1.89 bits per heavy atom. The molecule has 0 atom stereocenters. The summed E-state index contributed by atoms with van der Waals surface area (Å²) in [5.74, 6) is -0.800. The maximum absolute atomic E-state index is 12.1. The van der Waals surface area contributed by atoms with Gasteiger partial charge >= 0.3 is 5.97 Å². The summed E-state index contributed by atoms with van der Waals surface area (Å²) in [6.45, 7) is 1.94. The minimum Gasteiger partial charge on any atom is -0.458 e. The molecule has 1 heterocycles. The average Bonchev–Trinajstić information content (AvgIpc) is 3.14. The van der Waals surface area contributed by atoms with E-state index in [1.165, 1.54) is 16.9 Å². The van der Waals surface area contributed by atoms with Crippen molar-refractivity contribution in [3.8, 4) is 10.6 Å². The Balaban J connectivity index is 1.49. The molecular formula is C20H17IN2O3S. The summed E-state index contributed by atoms with van der Waals surface area (Å²) >= 11 is 3.59. The van der Waals surface area contributed by atoms with Gasteiger partial charge in [-0.1, -0.05) is 42.0 Å². The predicted octanol–water partition coefficient (Wildman–Crippen LogP) is 4.20. The number of nitrogens with one attached hydrogen (secondary N) is 1. The third kappa shape index (κ3) is 5.36. The van der Waals surface area contributed by atoms with Gasteiger partial charge in [0, 0.05) is 14.5 Å². The van der Waals surface area contributed by atoms with Crippen LogP contribution in [0.2, 0.25) is 0 Å². The summed E-state index contributed by atoms with van der Waals surface area (Å²) in [7, 11) is 0. The van der Waals surface area contributed by atoms with E-state index in [-0.39, 0.29) is 19.1 Å². The Morgan fingerprint density at radius 1 is 1.15 bits per heavy atom. The highest BCUT2D eigenvalue weighted by molar-refractivity contribution is 14.1. The Kier molecular flexibility index (Phi) is 6.57. The van der Waals surface area contributed by atoms with E-state index in [2.05, 4.69) is 32.9 Å². The second kappa shape index (κ2) is 9.09. The van der Waals surface area contributed by atoms with Crippen LogP contribution in [0.3, 0.4) is 0 Å². The van der Waals surface area contributed by atoms with Crippen LogP contribution in [0.1, 0.15) is 21.6 Å². The molecule has 0 bridgehead atoms. The zero-order valence-electron chi connectivity index (χ0n) is 14.6. The summed E-state index contributed by atoms with van der Waals surface area (Å²) in [5.41, 5.74) is 3.45. The van der Waals surface area contributed by atoms with Crippen LogP contribution in [0, 0.1) is 10.5 Å². The van der Waals surface area contributed by atoms with E-state index < -0.39 is 5.97 Å². The van der Waals surface area contributed by atoms with Crippen molar-refractivity contribution in [1.29, 1.82) is 0 Å². The van der Waals surface area contributed by atoms with Gasteiger partial charge in [-0.25, -0.2) is 4.98 Å². The number of aryl methyl sites for hydroxylation is 1. The smallest absolute Gasteiger partial charge is 0.325 e.